The minimum Gasteiger partial charge on any atom is -0.381 e. The third-order valence-electron chi connectivity index (χ3n) is 2.89. The topological polar surface area (TPSA) is 24.5 Å². The molecular weight excluding hydrogens is 176 g/mol. The van der Waals surface area contributed by atoms with Crippen molar-refractivity contribution in [3.63, 3.8) is 0 Å². The molecule has 0 saturated carbocycles. The van der Waals surface area contributed by atoms with Crippen LogP contribution in [-0.4, -0.2) is 37.4 Å². The second-order valence-electron chi connectivity index (χ2n) is 3.75. The van der Waals surface area contributed by atoms with Crippen molar-refractivity contribution in [1.82, 2.24) is 10.2 Å². The quantitative estimate of drug-likeness (QED) is 0.712. The average molecular weight is 194 g/mol. The van der Waals surface area contributed by atoms with Gasteiger partial charge in [-0.05, 0) is 32.0 Å². The molecule has 1 saturated heterocycles. The summed E-state index contributed by atoms with van der Waals surface area (Å²) in [5, 5.41) is 3.30. The van der Waals surface area contributed by atoms with Gasteiger partial charge in [-0.1, -0.05) is 6.08 Å². The van der Waals surface area contributed by atoms with E-state index in [0.717, 1.165) is 26.1 Å². The molecule has 0 aromatic carbocycles. The molecule has 78 valence electrons. The number of allylic oxidation sites excluding steroid dienone is 2. The van der Waals surface area contributed by atoms with Crippen LogP contribution in [0.3, 0.4) is 0 Å². The fraction of sp³-hybridized carbons (Fsp3) is 0.636. The van der Waals surface area contributed by atoms with Crippen LogP contribution in [0, 0.1) is 0 Å². The second kappa shape index (κ2) is 4.62. The minimum absolute atomic E-state index is 0.350. The van der Waals surface area contributed by atoms with Crippen molar-refractivity contribution in [3.05, 3.63) is 24.4 Å². The summed E-state index contributed by atoms with van der Waals surface area (Å²) < 4.78 is 5.37. The molecule has 0 aromatic heterocycles. The molecule has 0 radical (unpaired) electrons. The Morgan fingerprint density at radius 2 is 2.07 bits per heavy atom. The molecule has 2 rings (SSSR count). The maximum atomic E-state index is 5.37. The van der Waals surface area contributed by atoms with E-state index in [0.29, 0.717) is 12.2 Å². The number of nitrogens with zero attached hydrogens (tertiary/aromatic N) is 1. The van der Waals surface area contributed by atoms with Gasteiger partial charge in [-0.25, -0.2) is 0 Å². The summed E-state index contributed by atoms with van der Waals surface area (Å²) in [6.07, 6.45) is 11.2. The van der Waals surface area contributed by atoms with Crippen LogP contribution >= 0.6 is 0 Å². The van der Waals surface area contributed by atoms with Crippen LogP contribution in [0.1, 0.15) is 12.8 Å². The lowest BCUT2D eigenvalue weighted by Crippen LogP contribution is -2.48. The Bertz CT molecular complexity index is 231. The van der Waals surface area contributed by atoms with Crippen LogP contribution in [0.5, 0.6) is 0 Å². The normalized spacial score (nSPS) is 28.4. The van der Waals surface area contributed by atoms with Crippen LogP contribution in [0.25, 0.3) is 0 Å². The SMILES string of the molecule is CN[C@H]1C=CC=CN1C1CCOCC1. The molecule has 3 heteroatoms. The Morgan fingerprint density at radius 1 is 1.29 bits per heavy atom. The Balaban J connectivity index is 2.00. The van der Waals surface area contributed by atoms with Crippen molar-refractivity contribution in [2.45, 2.75) is 25.0 Å². The van der Waals surface area contributed by atoms with Gasteiger partial charge in [-0.3, -0.25) is 5.32 Å². The summed E-state index contributed by atoms with van der Waals surface area (Å²) in [5.41, 5.74) is 0. The van der Waals surface area contributed by atoms with Crippen LogP contribution in [0.15, 0.2) is 24.4 Å². The Labute approximate surface area is 85.4 Å². The van der Waals surface area contributed by atoms with E-state index in [-0.39, 0.29) is 0 Å². The molecule has 0 bridgehead atoms. The first-order valence-corrected chi connectivity index (χ1v) is 5.29. The first-order chi connectivity index (χ1) is 6.92. The van der Waals surface area contributed by atoms with Gasteiger partial charge in [0.1, 0.15) is 0 Å². The Hall–Kier alpha value is -0.800. The molecule has 1 fully saturated rings. The molecule has 0 aromatic rings. The molecule has 2 aliphatic rings. The van der Waals surface area contributed by atoms with Gasteiger partial charge in [0.2, 0.25) is 0 Å². The van der Waals surface area contributed by atoms with E-state index < -0.39 is 0 Å². The number of rotatable bonds is 2. The summed E-state index contributed by atoms with van der Waals surface area (Å²) in [5.74, 6) is 0. The van der Waals surface area contributed by atoms with Crippen molar-refractivity contribution >= 4 is 0 Å². The fourth-order valence-electron chi connectivity index (χ4n) is 2.09. The zero-order valence-corrected chi connectivity index (χ0v) is 8.65. The maximum absolute atomic E-state index is 5.37. The van der Waals surface area contributed by atoms with Crippen molar-refractivity contribution in [2.24, 2.45) is 0 Å². The molecule has 0 unspecified atom stereocenters. The molecule has 14 heavy (non-hydrogen) atoms. The Morgan fingerprint density at radius 3 is 2.79 bits per heavy atom. The highest BCUT2D eigenvalue weighted by Crippen LogP contribution is 2.19. The van der Waals surface area contributed by atoms with Gasteiger partial charge in [0.15, 0.2) is 0 Å². The largest absolute Gasteiger partial charge is 0.381 e. The zero-order valence-electron chi connectivity index (χ0n) is 8.65. The third-order valence-corrected chi connectivity index (χ3v) is 2.89. The van der Waals surface area contributed by atoms with E-state index in [1.807, 2.05) is 7.05 Å². The highest BCUT2D eigenvalue weighted by atomic mass is 16.5. The lowest BCUT2D eigenvalue weighted by molar-refractivity contribution is 0.0392. The summed E-state index contributed by atoms with van der Waals surface area (Å²) in [6, 6.07) is 0.627. The van der Waals surface area contributed by atoms with Gasteiger partial charge in [0, 0.05) is 25.5 Å². The van der Waals surface area contributed by atoms with Gasteiger partial charge < -0.3 is 9.64 Å². The smallest absolute Gasteiger partial charge is 0.0985 e. The second-order valence-corrected chi connectivity index (χ2v) is 3.75. The van der Waals surface area contributed by atoms with E-state index >= 15 is 0 Å². The van der Waals surface area contributed by atoms with Crippen LogP contribution < -0.4 is 5.32 Å². The predicted octanol–water partition coefficient (Wildman–Crippen LogP) is 1.10. The average Bonchev–Trinajstić information content (AvgIpc) is 2.30. The van der Waals surface area contributed by atoms with Gasteiger partial charge in [0.25, 0.3) is 0 Å². The molecule has 2 aliphatic heterocycles. The number of hydrogen-bond donors (Lipinski definition) is 1. The van der Waals surface area contributed by atoms with Crippen molar-refractivity contribution in [3.8, 4) is 0 Å². The van der Waals surface area contributed by atoms with Gasteiger partial charge in [0.05, 0.1) is 6.17 Å². The number of hydrogen-bond acceptors (Lipinski definition) is 3. The van der Waals surface area contributed by atoms with E-state index in [2.05, 4.69) is 34.6 Å². The highest BCUT2D eigenvalue weighted by molar-refractivity contribution is 5.13. The number of nitrogens with one attached hydrogen (secondary N) is 1. The zero-order chi connectivity index (χ0) is 9.80. The van der Waals surface area contributed by atoms with E-state index in [1.54, 1.807) is 0 Å². The fourth-order valence-corrected chi connectivity index (χ4v) is 2.09. The van der Waals surface area contributed by atoms with Crippen LogP contribution in [0.4, 0.5) is 0 Å². The summed E-state index contributed by atoms with van der Waals surface area (Å²) >= 11 is 0. The predicted molar refractivity (Wildman–Crippen MR) is 56.8 cm³/mol. The van der Waals surface area contributed by atoms with Crippen LogP contribution in [0.2, 0.25) is 0 Å². The molecular formula is C11H18N2O. The third kappa shape index (κ3) is 1.99. The molecule has 0 amide bonds. The van der Waals surface area contributed by atoms with Crippen molar-refractivity contribution in [1.29, 1.82) is 0 Å². The van der Waals surface area contributed by atoms with E-state index in [9.17, 15) is 0 Å². The van der Waals surface area contributed by atoms with E-state index in [1.165, 1.54) is 0 Å². The molecule has 0 aliphatic carbocycles. The number of likely N-dealkylation sites (N-methyl/N-ethyl adjacent to an activating group) is 1. The minimum atomic E-state index is 0.350. The van der Waals surface area contributed by atoms with Crippen molar-refractivity contribution < 1.29 is 4.74 Å². The maximum Gasteiger partial charge on any atom is 0.0985 e. The monoisotopic (exact) mass is 194 g/mol. The van der Waals surface area contributed by atoms with Gasteiger partial charge >= 0.3 is 0 Å². The van der Waals surface area contributed by atoms with Crippen LogP contribution in [-0.2, 0) is 4.74 Å². The molecule has 3 nitrogen and oxygen atoms in total. The van der Waals surface area contributed by atoms with Crippen molar-refractivity contribution in [2.75, 3.05) is 20.3 Å². The van der Waals surface area contributed by atoms with Gasteiger partial charge in [-0.15, -0.1) is 0 Å². The van der Waals surface area contributed by atoms with E-state index in [4.69, 9.17) is 4.74 Å². The first kappa shape index (κ1) is 9.74. The standard InChI is InChI=1S/C11H18N2O/c1-12-11-4-2-3-7-13(11)10-5-8-14-9-6-10/h2-4,7,10-12H,5-6,8-9H2,1H3/t11-/m1/s1. The molecule has 2 heterocycles. The lowest BCUT2D eigenvalue weighted by atomic mass is 10.1. The first-order valence-electron chi connectivity index (χ1n) is 5.29. The molecule has 1 atom stereocenters. The Kier molecular flexibility index (Phi) is 3.22. The molecule has 0 spiro atoms. The lowest BCUT2D eigenvalue weighted by Gasteiger charge is -2.39. The summed E-state index contributed by atoms with van der Waals surface area (Å²) in [4.78, 5) is 2.39. The van der Waals surface area contributed by atoms with Gasteiger partial charge in [-0.2, -0.15) is 0 Å². The highest BCUT2D eigenvalue weighted by Gasteiger charge is 2.23. The summed E-state index contributed by atoms with van der Waals surface area (Å²) in [6.45, 7) is 1.80. The summed E-state index contributed by atoms with van der Waals surface area (Å²) in [7, 11) is 2.00. The number of ether oxygens (including phenoxy) is 1. The molecule has 1 N–H and O–H groups in total.